The first-order valence-corrected chi connectivity index (χ1v) is 7.80. The highest BCUT2D eigenvalue weighted by molar-refractivity contribution is 5.49. The van der Waals surface area contributed by atoms with E-state index in [2.05, 4.69) is 20.4 Å². The van der Waals surface area contributed by atoms with Gasteiger partial charge in [-0.25, -0.2) is 24.3 Å². The molecule has 1 heterocycles. The fraction of sp³-hybridized carbons (Fsp3) is 0.294. The van der Waals surface area contributed by atoms with Gasteiger partial charge in [-0.2, -0.15) is 5.11 Å². The first kappa shape index (κ1) is 16.9. The van der Waals surface area contributed by atoms with Crippen LogP contribution in [0.25, 0.3) is 0 Å². The predicted molar refractivity (Wildman–Crippen MR) is 87.5 cm³/mol. The lowest BCUT2D eigenvalue weighted by Gasteiger charge is -2.07. The van der Waals surface area contributed by atoms with E-state index < -0.39 is 11.6 Å². The average molecular weight is 345 g/mol. The molecule has 1 aromatic carbocycles. The zero-order chi connectivity index (χ0) is 17.8. The normalized spacial score (nSPS) is 14.3. The SMILES string of the molecule is Cc1cc(N/C=C(/COc2ncc(C3CC3)cn2)N=N)c(F)cc1F. The minimum atomic E-state index is -0.733. The fourth-order valence-electron chi connectivity index (χ4n) is 2.20. The second kappa shape index (κ2) is 7.33. The van der Waals surface area contributed by atoms with Crippen molar-refractivity contribution in [2.24, 2.45) is 5.11 Å². The Kier molecular flexibility index (Phi) is 4.97. The smallest absolute Gasteiger partial charge is 0.316 e. The third kappa shape index (κ3) is 4.34. The van der Waals surface area contributed by atoms with Gasteiger partial charge in [0.2, 0.25) is 0 Å². The van der Waals surface area contributed by atoms with Crippen molar-refractivity contribution in [3.63, 3.8) is 0 Å². The van der Waals surface area contributed by atoms with E-state index in [1.54, 1.807) is 12.4 Å². The summed E-state index contributed by atoms with van der Waals surface area (Å²) < 4.78 is 32.3. The van der Waals surface area contributed by atoms with Crippen molar-refractivity contribution in [3.05, 3.63) is 59.2 Å². The third-order valence-corrected chi connectivity index (χ3v) is 3.83. The lowest BCUT2D eigenvalue weighted by molar-refractivity contribution is 0.320. The Hall–Kier alpha value is -2.90. The van der Waals surface area contributed by atoms with E-state index in [0.29, 0.717) is 11.5 Å². The van der Waals surface area contributed by atoms with Crippen LogP contribution in [0.1, 0.15) is 29.9 Å². The summed E-state index contributed by atoms with van der Waals surface area (Å²) in [5, 5.41) is 5.98. The molecule has 1 aromatic heterocycles. The van der Waals surface area contributed by atoms with Crippen LogP contribution in [-0.2, 0) is 0 Å². The van der Waals surface area contributed by atoms with Crippen molar-refractivity contribution in [1.29, 1.82) is 5.53 Å². The molecule has 25 heavy (non-hydrogen) atoms. The van der Waals surface area contributed by atoms with Gasteiger partial charge in [0, 0.05) is 24.7 Å². The summed E-state index contributed by atoms with van der Waals surface area (Å²) >= 11 is 0. The van der Waals surface area contributed by atoms with E-state index in [4.69, 9.17) is 10.3 Å². The third-order valence-electron chi connectivity index (χ3n) is 3.83. The molecule has 0 bridgehead atoms. The van der Waals surface area contributed by atoms with Crippen LogP contribution < -0.4 is 10.1 Å². The Morgan fingerprint density at radius 2 is 2.04 bits per heavy atom. The molecule has 1 aliphatic rings. The Bertz CT molecular complexity index is 803. The molecule has 0 atom stereocenters. The van der Waals surface area contributed by atoms with Crippen molar-refractivity contribution >= 4 is 5.69 Å². The standard InChI is InChI=1S/C17H17F2N5O/c1-10-4-16(15(19)5-14(10)18)21-8-13(24-20)9-25-17-22-6-12(7-23-17)11-2-3-11/h4-8,11,20-21H,2-3,9H2,1H3/b13-8-,24-20?. The molecule has 2 aromatic rings. The van der Waals surface area contributed by atoms with Gasteiger partial charge in [-0.3, -0.25) is 0 Å². The zero-order valence-electron chi connectivity index (χ0n) is 13.6. The maximum absolute atomic E-state index is 13.7. The minimum absolute atomic E-state index is 0.0545. The van der Waals surface area contributed by atoms with Gasteiger partial charge in [-0.1, -0.05) is 0 Å². The van der Waals surface area contributed by atoms with Crippen LogP contribution in [0.4, 0.5) is 14.5 Å². The van der Waals surface area contributed by atoms with E-state index in [1.165, 1.54) is 32.0 Å². The molecule has 0 saturated heterocycles. The van der Waals surface area contributed by atoms with Crippen molar-refractivity contribution in [3.8, 4) is 6.01 Å². The topological polar surface area (TPSA) is 83.2 Å². The van der Waals surface area contributed by atoms with Crippen molar-refractivity contribution < 1.29 is 13.5 Å². The number of nitrogens with zero attached hydrogens (tertiary/aromatic N) is 3. The average Bonchev–Trinajstić information content (AvgIpc) is 3.45. The summed E-state index contributed by atoms with van der Waals surface area (Å²) in [5.74, 6) is -0.790. The molecule has 0 unspecified atom stereocenters. The van der Waals surface area contributed by atoms with Gasteiger partial charge in [0.15, 0.2) is 0 Å². The molecule has 2 N–H and O–H groups in total. The summed E-state index contributed by atoms with van der Waals surface area (Å²) in [5.41, 5.74) is 8.86. The van der Waals surface area contributed by atoms with E-state index in [1.807, 2.05) is 0 Å². The number of anilines is 1. The molecule has 0 amide bonds. The van der Waals surface area contributed by atoms with E-state index in [0.717, 1.165) is 11.6 Å². The van der Waals surface area contributed by atoms with Gasteiger partial charge in [0.1, 0.15) is 23.9 Å². The number of nitrogens with one attached hydrogen (secondary N) is 2. The largest absolute Gasteiger partial charge is 0.457 e. The van der Waals surface area contributed by atoms with Crippen molar-refractivity contribution in [2.45, 2.75) is 25.7 Å². The van der Waals surface area contributed by atoms with Crippen LogP contribution in [-0.4, -0.2) is 16.6 Å². The molecular formula is C17H17F2N5O. The first-order chi connectivity index (χ1) is 12.1. The maximum Gasteiger partial charge on any atom is 0.316 e. The minimum Gasteiger partial charge on any atom is -0.457 e. The van der Waals surface area contributed by atoms with Crippen LogP contribution in [0, 0.1) is 24.1 Å². The Morgan fingerprint density at radius 1 is 1.32 bits per heavy atom. The first-order valence-electron chi connectivity index (χ1n) is 7.80. The highest BCUT2D eigenvalue weighted by Crippen LogP contribution is 2.39. The predicted octanol–water partition coefficient (Wildman–Crippen LogP) is 4.30. The van der Waals surface area contributed by atoms with Gasteiger partial charge in [0.05, 0.1) is 5.69 Å². The Morgan fingerprint density at radius 3 is 2.68 bits per heavy atom. The number of ether oxygens (including phenoxy) is 1. The van der Waals surface area contributed by atoms with Gasteiger partial charge in [0.25, 0.3) is 0 Å². The molecule has 1 fully saturated rings. The lowest BCUT2D eigenvalue weighted by atomic mass is 10.2. The number of hydrogen-bond donors (Lipinski definition) is 2. The molecule has 0 radical (unpaired) electrons. The maximum atomic E-state index is 13.7. The molecule has 0 aliphatic heterocycles. The quantitative estimate of drug-likeness (QED) is 0.733. The Balaban J connectivity index is 1.60. The zero-order valence-corrected chi connectivity index (χ0v) is 13.6. The highest BCUT2D eigenvalue weighted by atomic mass is 19.1. The monoisotopic (exact) mass is 345 g/mol. The number of hydrogen-bond acceptors (Lipinski definition) is 6. The van der Waals surface area contributed by atoms with Crippen LogP contribution >= 0.6 is 0 Å². The van der Waals surface area contributed by atoms with E-state index in [-0.39, 0.29) is 24.0 Å². The molecule has 6 nitrogen and oxygen atoms in total. The number of aryl methyl sites for hydroxylation is 1. The molecule has 1 saturated carbocycles. The number of halogens is 2. The van der Waals surface area contributed by atoms with Gasteiger partial charge < -0.3 is 10.1 Å². The van der Waals surface area contributed by atoms with E-state index in [9.17, 15) is 8.78 Å². The molecule has 130 valence electrons. The molecule has 1 aliphatic carbocycles. The summed E-state index contributed by atoms with van der Waals surface area (Å²) in [6, 6.07) is 2.32. The Labute approximate surface area is 143 Å². The van der Waals surface area contributed by atoms with Gasteiger partial charge in [-0.15, -0.1) is 0 Å². The van der Waals surface area contributed by atoms with Crippen LogP contribution in [0.15, 0.2) is 41.5 Å². The number of rotatable bonds is 7. The molecule has 3 rings (SSSR count). The summed E-state index contributed by atoms with van der Waals surface area (Å²) in [7, 11) is 0. The van der Waals surface area contributed by atoms with Crippen LogP contribution in [0.3, 0.4) is 0 Å². The lowest BCUT2D eigenvalue weighted by Crippen LogP contribution is -2.05. The summed E-state index contributed by atoms with van der Waals surface area (Å²) in [6.45, 7) is 1.48. The van der Waals surface area contributed by atoms with Crippen molar-refractivity contribution in [2.75, 3.05) is 11.9 Å². The second-order valence-corrected chi connectivity index (χ2v) is 5.83. The number of aromatic nitrogens is 2. The van der Waals surface area contributed by atoms with Crippen LogP contribution in [0.2, 0.25) is 0 Å². The fourth-order valence-corrected chi connectivity index (χ4v) is 2.20. The summed E-state index contributed by atoms with van der Waals surface area (Å²) in [6.07, 6.45) is 7.12. The molecule has 0 spiro atoms. The number of benzene rings is 1. The van der Waals surface area contributed by atoms with Gasteiger partial charge in [-0.05, 0) is 42.9 Å². The highest BCUT2D eigenvalue weighted by Gasteiger charge is 2.24. The van der Waals surface area contributed by atoms with Gasteiger partial charge >= 0.3 is 6.01 Å². The van der Waals surface area contributed by atoms with Crippen LogP contribution in [0.5, 0.6) is 6.01 Å². The van der Waals surface area contributed by atoms with E-state index >= 15 is 0 Å². The summed E-state index contributed by atoms with van der Waals surface area (Å²) in [4.78, 5) is 8.23. The van der Waals surface area contributed by atoms with Crippen molar-refractivity contribution in [1.82, 2.24) is 9.97 Å². The molecular weight excluding hydrogens is 328 g/mol. The molecule has 8 heteroatoms. The second-order valence-electron chi connectivity index (χ2n) is 5.83.